The predicted molar refractivity (Wildman–Crippen MR) is 93.7 cm³/mol. The van der Waals surface area contributed by atoms with E-state index in [2.05, 4.69) is 16.3 Å². The molecule has 4 amide bonds. The van der Waals surface area contributed by atoms with Crippen molar-refractivity contribution in [2.24, 2.45) is 5.92 Å². The molecule has 1 unspecified atom stereocenters. The van der Waals surface area contributed by atoms with Crippen LogP contribution < -0.4 is 10.2 Å². The van der Waals surface area contributed by atoms with Crippen molar-refractivity contribution >= 4 is 29.3 Å². The SMILES string of the molecule is N#CC1CCN(c2ccc3c(c2)C(=O)N(C2CCC(=O)NC2=O)C3=O)CC1. The van der Waals surface area contributed by atoms with Gasteiger partial charge in [-0.2, -0.15) is 5.26 Å². The first kappa shape index (κ1) is 17.2. The van der Waals surface area contributed by atoms with Crippen LogP contribution in [0.1, 0.15) is 46.4 Å². The van der Waals surface area contributed by atoms with Crippen molar-refractivity contribution in [3.05, 3.63) is 29.3 Å². The lowest BCUT2D eigenvalue weighted by Crippen LogP contribution is -2.54. The molecule has 0 spiro atoms. The third-order valence-corrected chi connectivity index (χ3v) is 5.47. The molecule has 0 aromatic heterocycles. The lowest BCUT2D eigenvalue weighted by Gasteiger charge is -2.31. The van der Waals surface area contributed by atoms with Gasteiger partial charge in [-0.05, 0) is 37.5 Å². The number of carbonyl (C=O) groups excluding carboxylic acids is 4. The second-order valence-electron chi connectivity index (χ2n) is 7.07. The number of nitriles is 1. The molecule has 1 atom stereocenters. The van der Waals surface area contributed by atoms with Gasteiger partial charge in [-0.3, -0.25) is 29.4 Å². The zero-order valence-corrected chi connectivity index (χ0v) is 14.6. The molecular formula is C19H18N4O4. The minimum Gasteiger partial charge on any atom is -0.371 e. The lowest BCUT2D eigenvalue weighted by atomic mass is 9.97. The maximum absolute atomic E-state index is 12.8. The average molecular weight is 366 g/mol. The number of hydrogen-bond acceptors (Lipinski definition) is 6. The van der Waals surface area contributed by atoms with Gasteiger partial charge in [0, 0.05) is 31.1 Å². The summed E-state index contributed by atoms with van der Waals surface area (Å²) < 4.78 is 0. The fraction of sp³-hybridized carbons (Fsp3) is 0.421. The Bertz CT molecular complexity index is 895. The molecule has 2 fully saturated rings. The molecule has 8 nitrogen and oxygen atoms in total. The third-order valence-electron chi connectivity index (χ3n) is 5.47. The molecule has 138 valence electrons. The predicted octanol–water partition coefficient (Wildman–Crippen LogP) is 0.828. The van der Waals surface area contributed by atoms with Crippen LogP contribution in [0.15, 0.2) is 18.2 Å². The number of nitrogens with one attached hydrogen (secondary N) is 1. The zero-order chi connectivity index (χ0) is 19.1. The Morgan fingerprint density at radius 3 is 2.37 bits per heavy atom. The number of piperidine rings is 2. The van der Waals surface area contributed by atoms with Crippen LogP contribution in [0.5, 0.6) is 0 Å². The van der Waals surface area contributed by atoms with E-state index in [1.54, 1.807) is 18.2 Å². The van der Waals surface area contributed by atoms with Crippen molar-refractivity contribution in [2.45, 2.75) is 31.7 Å². The van der Waals surface area contributed by atoms with Crippen LogP contribution in [-0.2, 0) is 9.59 Å². The highest BCUT2D eigenvalue weighted by molar-refractivity contribution is 6.23. The first-order chi connectivity index (χ1) is 13.0. The summed E-state index contributed by atoms with van der Waals surface area (Å²) in [5.41, 5.74) is 1.39. The van der Waals surface area contributed by atoms with Gasteiger partial charge in [0.25, 0.3) is 11.8 Å². The van der Waals surface area contributed by atoms with Crippen LogP contribution in [0.2, 0.25) is 0 Å². The monoisotopic (exact) mass is 366 g/mol. The van der Waals surface area contributed by atoms with Gasteiger partial charge in [0.2, 0.25) is 11.8 Å². The fourth-order valence-corrected chi connectivity index (χ4v) is 3.92. The smallest absolute Gasteiger partial charge is 0.262 e. The van der Waals surface area contributed by atoms with E-state index in [1.165, 1.54) is 0 Å². The minimum atomic E-state index is -0.954. The van der Waals surface area contributed by atoms with Gasteiger partial charge in [0.05, 0.1) is 17.2 Å². The molecule has 2 saturated heterocycles. The number of anilines is 1. The van der Waals surface area contributed by atoms with Crippen LogP contribution in [0.4, 0.5) is 5.69 Å². The normalized spacial score (nSPS) is 23.3. The number of fused-ring (bicyclic) bond motifs is 1. The summed E-state index contributed by atoms with van der Waals surface area (Å²) in [4.78, 5) is 52.0. The van der Waals surface area contributed by atoms with Crippen molar-refractivity contribution in [3.8, 4) is 6.07 Å². The molecule has 3 aliphatic rings. The number of imide groups is 2. The molecule has 0 radical (unpaired) electrons. The van der Waals surface area contributed by atoms with Gasteiger partial charge >= 0.3 is 0 Å². The van der Waals surface area contributed by atoms with Gasteiger partial charge < -0.3 is 4.90 Å². The summed E-state index contributed by atoms with van der Waals surface area (Å²) in [6, 6.07) is 6.44. The molecule has 1 aromatic carbocycles. The van der Waals surface area contributed by atoms with Crippen LogP contribution >= 0.6 is 0 Å². The van der Waals surface area contributed by atoms with Crippen molar-refractivity contribution in [1.82, 2.24) is 10.2 Å². The summed E-state index contributed by atoms with van der Waals surface area (Å²) >= 11 is 0. The Kier molecular flexibility index (Phi) is 4.15. The van der Waals surface area contributed by atoms with Gasteiger partial charge in [-0.15, -0.1) is 0 Å². The Morgan fingerprint density at radius 1 is 1.00 bits per heavy atom. The Hall–Kier alpha value is -3.21. The van der Waals surface area contributed by atoms with E-state index in [0.29, 0.717) is 0 Å². The molecule has 1 N–H and O–H groups in total. The standard InChI is InChI=1S/C19H18N4O4/c20-10-11-5-7-22(8-6-11)12-1-2-13-14(9-12)19(27)23(18(13)26)15-3-4-16(24)21-17(15)25/h1-2,9,11,15H,3-8H2,(H,21,24,25). The van der Waals surface area contributed by atoms with Crippen LogP contribution in [0.25, 0.3) is 0 Å². The maximum Gasteiger partial charge on any atom is 0.262 e. The second-order valence-corrected chi connectivity index (χ2v) is 7.07. The average Bonchev–Trinajstić information content (AvgIpc) is 2.92. The van der Waals surface area contributed by atoms with Gasteiger partial charge in [0.1, 0.15) is 6.04 Å². The molecular weight excluding hydrogens is 348 g/mol. The Labute approximate surface area is 155 Å². The fourth-order valence-electron chi connectivity index (χ4n) is 3.92. The van der Waals surface area contributed by atoms with Gasteiger partial charge in [0.15, 0.2) is 0 Å². The van der Waals surface area contributed by atoms with E-state index in [-0.39, 0.29) is 29.9 Å². The minimum absolute atomic E-state index is 0.0573. The van der Waals surface area contributed by atoms with E-state index in [0.717, 1.165) is 36.5 Å². The van der Waals surface area contributed by atoms with E-state index in [1.807, 2.05) is 0 Å². The maximum atomic E-state index is 12.8. The number of carbonyl (C=O) groups is 4. The molecule has 8 heteroatoms. The highest BCUT2D eigenvalue weighted by Gasteiger charge is 2.44. The topological polar surface area (TPSA) is 111 Å². The van der Waals surface area contributed by atoms with E-state index < -0.39 is 29.7 Å². The quantitative estimate of drug-likeness (QED) is 0.776. The molecule has 0 aliphatic carbocycles. The Morgan fingerprint density at radius 2 is 1.70 bits per heavy atom. The molecule has 0 saturated carbocycles. The van der Waals surface area contributed by atoms with Crippen molar-refractivity contribution in [1.29, 1.82) is 5.26 Å². The number of nitrogens with zero attached hydrogens (tertiary/aromatic N) is 3. The lowest BCUT2D eigenvalue weighted by molar-refractivity contribution is -0.136. The van der Waals surface area contributed by atoms with E-state index in [4.69, 9.17) is 5.26 Å². The summed E-state index contributed by atoms with van der Waals surface area (Å²) in [5, 5.41) is 11.2. The first-order valence-corrected chi connectivity index (χ1v) is 9.00. The molecule has 3 aliphatic heterocycles. The summed E-state index contributed by atoms with van der Waals surface area (Å²) in [6.45, 7) is 1.44. The number of rotatable bonds is 2. The highest BCUT2D eigenvalue weighted by atomic mass is 16.2. The van der Waals surface area contributed by atoms with Crippen molar-refractivity contribution in [2.75, 3.05) is 18.0 Å². The van der Waals surface area contributed by atoms with Crippen molar-refractivity contribution in [3.63, 3.8) is 0 Å². The van der Waals surface area contributed by atoms with Crippen LogP contribution in [0.3, 0.4) is 0 Å². The van der Waals surface area contributed by atoms with E-state index in [9.17, 15) is 19.2 Å². The summed E-state index contributed by atoms with van der Waals surface area (Å²) in [5.74, 6) is -1.95. The molecule has 4 rings (SSSR count). The molecule has 27 heavy (non-hydrogen) atoms. The molecule has 3 heterocycles. The second kappa shape index (κ2) is 6.50. The highest BCUT2D eigenvalue weighted by Crippen LogP contribution is 2.32. The molecule has 0 bridgehead atoms. The summed E-state index contributed by atoms with van der Waals surface area (Å²) in [6.07, 6.45) is 1.78. The van der Waals surface area contributed by atoms with Gasteiger partial charge in [-0.25, -0.2) is 0 Å². The van der Waals surface area contributed by atoms with Crippen LogP contribution in [-0.4, -0.2) is 47.7 Å². The number of hydrogen-bond donors (Lipinski definition) is 1. The number of amides is 4. The largest absolute Gasteiger partial charge is 0.371 e. The summed E-state index contributed by atoms with van der Waals surface area (Å²) in [7, 11) is 0. The van der Waals surface area contributed by atoms with Crippen molar-refractivity contribution < 1.29 is 19.2 Å². The molecule has 1 aromatic rings. The van der Waals surface area contributed by atoms with Crippen LogP contribution in [0, 0.1) is 17.2 Å². The third kappa shape index (κ3) is 2.85. The van der Waals surface area contributed by atoms with Gasteiger partial charge in [-0.1, -0.05) is 0 Å². The van der Waals surface area contributed by atoms with E-state index >= 15 is 0 Å². The number of benzene rings is 1. The Balaban J connectivity index is 1.58. The zero-order valence-electron chi connectivity index (χ0n) is 14.6. The first-order valence-electron chi connectivity index (χ1n) is 9.00.